The second-order valence-electron chi connectivity index (χ2n) is 4.19. The Bertz CT molecular complexity index is 741. The minimum absolute atomic E-state index is 0.318. The highest BCUT2D eigenvalue weighted by Gasteiger charge is 2.16. The molecule has 0 bridgehead atoms. The number of pyridine rings is 1. The molecule has 19 heavy (non-hydrogen) atoms. The van der Waals surface area contributed by atoms with E-state index in [0.29, 0.717) is 10.0 Å². The van der Waals surface area contributed by atoms with Crippen LogP contribution in [0.25, 0.3) is 10.2 Å². The summed E-state index contributed by atoms with van der Waals surface area (Å²) in [6.07, 6.45) is 1.71. The molecule has 2 nitrogen and oxygen atoms in total. The lowest BCUT2D eigenvalue weighted by Gasteiger charge is -2.13. The van der Waals surface area contributed by atoms with Crippen molar-refractivity contribution in [3.8, 4) is 0 Å². The molecule has 0 saturated carbocycles. The summed E-state index contributed by atoms with van der Waals surface area (Å²) in [6.45, 7) is 0. The smallest absolute Gasteiger partial charge is 0.142 e. The van der Waals surface area contributed by atoms with Gasteiger partial charge in [-0.3, -0.25) is 4.98 Å². The van der Waals surface area contributed by atoms with Crippen LogP contribution in [0.4, 0.5) is 4.39 Å². The first-order chi connectivity index (χ1) is 9.16. The maximum atomic E-state index is 14.0. The number of nitrogens with two attached hydrogens (primary N) is 1. The summed E-state index contributed by atoms with van der Waals surface area (Å²) in [5, 5.41) is 1.98. The lowest BCUT2D eigenvalue weighted by atomic mass is 10.0. The third-order valence-electron chi connectivity index (χ3n) is 3.00. The molecule has 2 aromatic heterocycles. The zero-order valence-corrected chi connectivity index (χ0v) is 12.2. The largest absolute Gasteiger partial charge is 0.320 e. The Morgan fingerprint density at radius 3 is 3.00 bits per heavy atom. The molecule has 1 aromatic carbocycles. The van der Waals surface area contributed by atoms with Gasteiger partial charge in [-0.2, -0.15) is 0 Å². The Kier molecular flexibility index (Phi) is 3.35. The molecule has 0 aliphatic heterocycles. The Balaban J connectivity index is 2.07. The van der Waals surface area contributed by atoms with E-state index in [-0.39, 0.29) is 5.82 Å². The van der Waals surface area contributed by atoms with E-state index in [1.165, 1.54) is 0 Å². The summed E-state index contributed by atoms with van der Waals surface area (Å²) in [6, 6.07) is 8.54. The lowest BCUT2D eigenvalue weighted by Crippen LogP contribution is -2.14. The summed E-state index contributed by atoms with van der Waals surface area (Å²) in [5.41, 5.74) is 8.37. The zero-order chi connectivity index (χ0) is 13.4. The fourth-order valence-electron chi connectivity index (χ4n) is 1.97. The molecule has 0 amide bonds. The van der Waals surface area contributed by atoms with Crippen molar-refractivity contribution in [3.63, 3.8) is 0 Å². The standard InChI is InChI=1S/C14H10BrFN2S/c15-10-3-1-2-9(13(10)16)14(17)8-6-12-11(18-7-8)4-5-19-12/h1-7,14H,17H2. The first kappa shape index (κ1) is 12.7. The summed E-state index contributed by atoms with van der Waals surface area (Å²) in [4.78, 5) is 4.34. The van der Waals surface area contributed by atoms with E-state index in [4.69, 9.17) is 5.73 Å². The third-order valence-corrected chi connectivity index (χ3v) is 4.47. The molecule has 3 aromatic rings. The number of thiophene rings is 1. The van der Waals surface area contributed by atoms with Gasteiger partial charge in [0.1, 0.15) is 5.82 Å². The first-order valence-electron chi connectivity index (χ1n) is 5.69. The van der Waals surface area contributed by atoms with Crippen LogP contribution < -0.4 is 5.73 Å². The predicted octanol–water partition coefficient (Wildman–Crippen LogP) is 4.25. The molecular weight excluding hydrogens is 327 g/mol. The molecule has 3 rings (SSSR count). The van der Waals surface area contributed by atoms with E-state index in [0.717, 1.165) is 15.8 Å². The van der Waals surface area contributed by atoms with E-state index in [9.17, 15) is 4.39 Å². The van der Waals surface area contributed by atoms with E-state index in [1.54, 1.807) is 35.7 Å². The lowest BCUT2D eigenvalue weighted by molar-refractivity contribution is 0.593. The molecule has 0 aliphatic rings. The molecular formula is C14H10BrFN2S. The normalized spacial score (nSPS) is 12.8. The van der Waals surface area contributed by atoms with Crippen LogP contribution >= 0.6 is 27.3 Å². The van der Waals surface area contributed by atoms with Crippen molar-refractivity contribution in [1.29, 1.82) is 0 Å². The average Bonchev–Trinajstić information content (AvgIpc) is 2.88. The Labute approximate surface area is 122 Å². The Morgan fingerprint density at radius 2 is 2.16 bits per heavy atom. The highest BCUT2D eigenvalue weighted by Crippen LogP contribution is 2.28. The number of hydrogen-bond donors (Lipinski definition) is 1. The van der Waals surface area contributed by atoms with Gasteiger partial charge in [0.25, 0.3) is 0 Å². The molecule has 0 saturated heterocycles. The van der Waals surface area contributed by atoms with Gasteiger partial charge in [0, 0.05) is 11.8 Å². The fourth-order valence-corrected chi connectivity index (χ4v) is 3.14. The number of nitrogens with zero attached hydrogens (tertiary/aromatic N) is 1. The Hall–Kier alpha value is -1.30. The van der Waals surface area contributed by atoms with Crippen molar-refractivity contribution in [2.45, 2.75) is 6.04 Å². The number of halogens is 2. The van der Waals surface area contributed by atoms with Gasteiger partial charge in [-0.25, -0.2) is 4.39 Å². The van der Waals surface area contributed by atoms with E-state index < -0.39 is 6.04 Å². The SMILES string of the molecule is NC(c1cnc2ccsc2c1)c1cccc(Br)c1F. The third kappa shape index (κ3) is 2.29. The van der Waals surface area contributed by atoms with Crippen molar-refractivity contribution in [3.05, 3.63) is 63.3 Å². The highest BCUT2D eigenvalue weighted by atomic mass is 79.9. The van der Waals surface area contributed by atoms with Crippen LogP contribution in [0.3, 0.4) is 0 Å². The number of fused-ring (bicyclic) bond motifs is 1. The predicted molar refractivity (Wildman–Crippen MR) is 79.8 cm³/mol. The van der Waals surface area contributed by atoms with Gasteiger partial charge in [0.15, 0.2) is 0 Å². The summed E-state index contributed by atoms with van der Waals surface area (Å²) in [7, 11) is 0. The topological polar surface area (TPSA) is 38.9 Å². The fraction of sp³-hybridized carbons (Fsp3) is 0.0714. The first-order valence-corrected chi connectivity index (χ1v) is 7.36. The zero-order valence-electron chi connectivity index (χ0n) is 9.81. The van der Waals surface area contributed by atoms with Gasteiger partial charge in [-0.1, -0.05) is 12.1 Å². The van der Waals surface area contributed by atoms with Gasteiger partial charge >= 0.3 is 0 Å². The van der Waals surface area contributed by atoms with Crippen molar-refractivity contribution < 1.29 is 4.39 Å². The number of aromatic nitrogens is 1. The summed E-state index contributed by atoms with van der Waals surface area (Å²) in [5.74, 6) is -0.318. The van der Waals surface area contributed by atoms with Gasteiger partial charge in [0.2, 0.25) is 0 Å². The van der Waals surface area contributed by atoms with Crippen molar-refractivity contribution in [1.82, 2.24) is 4.98 Å². The second-order valence-corrected chi connectivity index (χ2v) is 6.00. The second kappa shape index (κ2) is 5.00. The molecule has 1 unspecified atom stereocenters. The van der Waals surface area contributed by atoms with Crippen LogP contribution in [0.2, 0.25) is 0 Å². The quantitative estimate of drug-likeness (QED) is 0.759. The number of benzene rings is 1. The molecule has 5 heteroatoms. The molecule has 96 valence electrons. The molecule has 2 heterocycles. The molecule has 1 atom stereocenters. The molecule has 0 fully saturated rings. The molecule has 0 radical (unpaired) electrons. The van der Waals surface area contributed by atoms with Crippen LogP contribution in [-0.2, 0) is 0 Å². The van der Waals surface area contributed by atoms with Crippen LogP contribution in [0.5, 0.6) is 0 Å². The monoisotopic (exact) mass is 336 g/mol. The molecule has 0 aliphatic carbocycles. The van der Waals surface area contributed by atoms with Crippen molar-refractivity contribution in [2.24, 2.45) is 5.73 Å². The summed E-state index contributed by atoms with van der Waals surface area (Å²) < 4.78 is 15.5. The van der Waals surface area contributed by atoms with E-state index in [2.05, 4.69) is 20.9 Å². The van der Waals surface area contributed by atoms with E-state index in [1.807, 2.05) is 17.5 Å². The summed E-state index contributed by atoms with van der Waals surface area (Å²) >= 11 is 4.78. The van der Waals surface area contributed by atoms with Crippen LogP contribution in [0.15, 0.2) is 46.4 Å². The average molecular weight is 337 g/mol. The number of rotatable bonds is 2. The molecule has 2 N–H and O–H groups in total. The maximum absolute atomic E-state index is 14.0. The Morgan fingerprint density at radius 1 is 1.32 bits per heavy atom. The minimum Gasteiger partial charge on any atom is -0.320 e. The van der Waals surface area contributed by atoms with Gasteiger partial charge < -0.3 is 5.73 Å². The molecule has 0 spiro atoms. The van der Waals surface area contributed by atoms with Gasteiger partial charge in [-0.15, -0.1) is 11.3 Å². The van der Waals surface area contributed by atoms with Crippen LogP contribution in [0.1, 0.15) is 17.2 Å². The van der Waals surface area contributed by atoms with Crippen molar-refractivity contribution in [2.75, 3.05) is 0 Å². The maximum Gasteiger partial charge on any atom is 0.142 e. The van der Waals surface area contributed by atoms with Crippen LogP contribution in [0, 0.1) is 5.82 Å². The van der Waals surface area contributed by atoms with Crippen molar-refractivity contribution >= 4 is 37.5 Å². The number of hydrogen-bond acceptors (Lipinski definition) is 3. The van der Waals surface area contributed by atoms with Gasteiger partial charge in [-0.05, 0) is 45.1 Å². The van der Waals surface area contributed by atoms with Crippen LogP contribution in [-0.4, -0.2) is 4.98 Å². The minimum atomic E-state index is -0.517. The van der Waals surface area contributed by atoms with Gasteiger partial charge in [0.05, 0.1) is 20.7 Å². The highest BCUT2D eigenvalue weighted by molar-refractivity contribution is 9.10. The van der Waals surface area contributed by atoms with E-state index >= 15 is 0 Å².